The molecule has 0 unspecified atom stereocenters. The van der Waals surface area contributed by atoms with Crippen LogP contribution in [0.5, 0.6) is 5.75 Å². The lowest BCUT2D eigenvalue weighted by atomic mass is 10.1. The van der Waals surface area contributed by atoms with E-state index in [4.69, 9.17) is 4.74 Å². The fourth-order valence-corrected chi connectivity index (χ4v) is 3.92. The molecule has 2 amide bonds. The number of imide groups is 1. The van der Waals surface area contributed by atoms with Gasteiger partial charge in [0.05, 0.1) is 18.1 Å². The summed E-state index contributed by atoms with van der Waals surface area (Å²) in [6.45, 7) is 4.89. The molecule has 1 aliphatic rings. The van der Waals surface area contributed by atoms with Crippen LogP contribution < -0.4 is 4.74 Å². The van der Waals surface area contributed by atoms with Gasteiger partial charge in [0.15, 0.2) is 0 Å². The topological polar surface area (TPSA) is 46.6 Å². The van der Waals surface area contributed by atoms with Crippen LogP contribution >= 0.6 is 27.7 Å². The summed E-state index contributed by atoms with van der Waals surface area (Å²) in [5.74, 6) is 0.431. The Hall–Kier alpha value is -2.05. The van der Waals surface area contributed by atoms with E-state index in [0.717, 1.165) is 39.3 Å². The molecule has 0 spiro atoms. The van der Waals surface area contributed by atoms with Crippen molar-refractivity contribution in [2.75, 3.05) is 6.61 Å². The van der Waals surface area contributed by atoms with Crippen molar-refractivity contribution in [2.24, 2.45) is 0 Å². The minimum absolute atomic E-state index is 0.250. The number of hydrogen-bond acceptors (Lipinski definition) is 4. The summed E-state index contributed by atoms with van der Waals surface area (Å²) in [6, 6.07) is 13.4. The molecular formula is C21H20BrNO3S. The van der Waals surface area contributed by atoms with E-state index in [-0.39, 0.29) is 17.7 Å². The lowest BCUT2D eigenvalue weighted by Gasteiger charge is -2.14. The Morgan fingerprint density at radius 1 is 1.19 bits per heavy atom. The molecule has 140 valence electrons. The standard InChI is InChI=1S/C21H20BrNO3S/c1-3-10-26-18-9-8-17(22)11-16(18)12-19-20(24)23(21(25)27-19)13-15-7-5-4-6-14(15)2/h4-9,11-12H,3,10,13H2,1-2H3/b19-12-. The number of thioether (sulfide) groups is 1. The summed E-state index contributed by atoms with van der Waals surface area (Å²) in [7, 11) is 0. The van der Waals surface area contributed by atoms with Crippen LogP contribution in [0.3, 0.4) is 0 Å². The Balaban J connectivity index is 1.86. The largest absolute Gasteiger partial charge is 0.493 e. The predicted octanol–water partition coefficient (Wildman–Crippen LogP) is 5.78. The van der Waals surface area contributed by atoms with Gasteiger partial charge in [-0.05, 0) is 60.5 Å². The summed E-state index contributed by atoms with van der Waals surface area (Å²) >= 11 is 4.42. The highest BCUT2D eigenvalue weighted by Gasteiger charge is 2.35. The Kier molecular flexibility index (Phi) is 6.39. The molecule has 0 bridgehead atoms. The van der Waals surface area contributed by atoms with Crippen LogP contribution in [0.1, 0.15) is 30.0 Å². The number of benzene rings is 2. The Labute approximate surface area is 171 Å². The zero-order chi connectivity index (χ0) is 19.4. The van der Waals surface area contributed by atoms with E-state index in [2.05, 4.69) is 15.9 Å². The van der Waals surface area contributed by atoms with Gasteiger partial charge in [0.25, 0.3) is 11.1 Å². The van der Waals surface area contributed by atoms with E-state index in [1.165, 1.54) is 4.90 Å². The molecular weight excluding hydrogens is 426 g/mol. The Morgan fingerprint density at radius 2 is 1.96 bits per heavy atom. The average Bonchev–Trinajstić information content (AvgIpc) is 2.90. The van der Waals surface area contributed by atoms with Crippen molar-refractivity contribution in [3.05, 3.63) is 68.5 Å². The van der Waals surface area contributed by atoms with Crippen LogP contribution in [0, 0.1) is 6.92 Å². The van der Waals surface area contributed by atoms with Crippen LogP contribution in [0.2, 0.25) is 0 Å². The zero-order valence-electron chi connectivity index (χ0n) is 15.2. The van der Waals surface area contributed by atoms with Crippen molar-refractivity contribution >= 4 is 44.9 Å². The monoisotopic (exact) mass is 445 g/mol. The van der Waals surface area contributed by atoms with Gasteiger partial charge in [-0.25, -0.2) is 0 Å². The van der Waals surface area contributed by atoms with Gasteiger partial charge in [-0.15, -0.1) is 0 Å². The minimum Gasteiger partial charge on any atom is -0.493 e. The maximum Gasteiger partial charge on any atom is 0.293 e. The quantitative estimate of drug-likeness (QED) is 0.528. The summed E-state index contributed by atoms with van der Waals surface area (Å²) < 4.78 is 6.65. The second-order valence-electron chi connectivity index (χ2n) is 6.22. The number of halogens is 1. The van der Waals surface area contributed by atoms with E-state index in [0.29, 0.717) is 17.3 Å². The van der Waals surface area contributed by atoms with Crippen molar-refractivity contribution in [3.63, 3.8) is 0 Å². The summed E-state index contributed by atoms with van der Waals surface area (Å²) in [6.07, 6.45) is 2.63. The smallest absolute Gasteiger partial charge is 0.293 e. The lowest BCUT2D eigenvalue weighted by molar-refractivity contribution is -0.123. The molecule has 0 aliphatic carbocycles. The van der Waals surface area contributed by atoms with Crippen molar-refractivity contribution in [3.8, 4) is 5.75 Å². The van der Waals surface area contributed by atoms with Gasteiger partial charge in [-0.3, -0.25) is 14.5 Å². The lowest BCUT2D eigenvalue weighted by Crippen LogP contribution is -2.27. The van der Waals surface area contributed by atoms with E-state index in [9.17, 15) is 9.59 Å². The predicted molar refractivity (Wildman–Crippen MR) is 113 cm³/mol. The van der Waals surface area contributed by atoms with E-state index >= 15 is 0 Å². The number of hydrogen-bond donors (Lipinski definition) is 0. The highest BCUT2D eigenvalue weighted by molar-refractivity contribution is 9.10. The van der Waals surface area contributed by atoms with Crippen LogP contribution in [0.4, 0.5) is 4.79 Å². The van der Waals surface area contributed by atoms with Gasteiger partial charge in [-0.2, -0.15) is 0 Å². The molecule has 1 saturated heterocycles. The molecule has 1 aliphatic heterocycles. The molecule has 2 aromatic carbocycles. The fraction of sp³-hybridized carbons (Fsp3) is 0.238. The normalized spacial score (nSPS) is 15.7. The maximum absolute atomic E-state index is 12.8. The number of carbonyl (C=O) groups is 2. The molecule has 6 heteroatoms. The summed E-state index contributed by atoms with van der Waals surface area (Å²) in [5, 5.41) is -0.250. The minimum atomic E-state index is -0.269. The SMILES string of the molecule is CCCOc1ccc(Br)cc1/C=C1\SC(=O)N(Cc2ccccc2C)C1=O. The third-order valence-corrected chi connectivity index (χ3v) is 5.58. The second-order valence-corrected chi connectivity index (χ2v) is 8.13. The summed E-state index contributed by atoms with van der Waals surface area (Å²) in [5.41, 5.74) is 2.80. The van der Waals surface area contributed by atoms with Crippen molar-refractivity contribution in [2.45, 2.75) is 26.8 Å². The van der Waals surface area contributed by atoms with Crippen molar-refractivity contribution in [1.82, 2.24) is 4.90 Å². The highest BCUT2D eigenvalue weighted by atomic mass is 79.9. The van der Waals surface area contributed by atoms with Crippen LogP contribution in [-0.2, 0) is 11.3 Å². The Bertz CT molecular complexity index is 910. The molecule has 1 heterocycles. The first-order valence-electron chi connectivity index (χ1n) is 8.72. The average molecular weight is 446 g/mol. The summed E-state index contributed by atoms with van der Waals surface area (Å²) in [4.78, 5) is 26.9. The molecule has 2 aromatic rings. The molecule has 3 rings (SSSR count). The van der Waals surface area contributed by atoms with Crippen molar-refractivity contribution < 1.29 is 14.3 Å². The van der Waals surface area contributed by atoms with E-state index in [1.54, 1.807) is 6.08 Å². The van der Waals surface area contributed by atoms with Crippen molar-refractivity contribution in [1.29, 1.82) is 0 Å². The van der Waals surface area contributed by atoms with Gasteiger partial charge in [0.1, 0.15) is 5.75 Å². The van der Waals surface area contributed by atoms with E-state index < -0.39 is 0 Å². The molecule has 1 fully saturated rings. The number of aryl methyl sites for hydroxylation is 1. The molecule has 0 saturated carbocycles. The van der Waals surface area contributed by atoms with Gasteiger partial charge in [0.2, 0.25) is 0 Å². The number of amides is 2. The van der Waals surface area contributed by atoms with Gasteiger partial charge >= 0.3 is 0 Å². The first kappa shape index (κ1) is 19.7. The molecule has 0 aromatic heterocycles. The molecule has 27 heavy (non-hydrogen) atoms. The van der Waals surface area contributed by atoms with Crippen LogP contribution in [-0.4, -0.2) is 22.7 Å². The first-order chi connectivity index (χ1) is 13.0. The van der Waals surface area contributed by atoms with Gasteiger partial charge < -0.3 is 4.74 Å². The van der Waals surface area contributed by atoms with Crippen LogP contribution in [0.25, 0.3) is 6.08 Å². The van der Waals surface area contributed by atoms with Gasteiger partial charge in [-0.1, -0.05) is 47.1 Å². The van der Waals surface area contributed by atoms with Gasteiger partial charge in [0, 0.05) is 10.0 Å². The molecule has 0 radical (unpaired) electrons. The highest BCUT2D eigenvalue weighted by Crippen LogP contribution is 2.35. The van der Waals surface area contributed by atoms with Crippen LogP contribution in [0.15, 0.2) is 51.8 Å². The third-order valence-electron chi connectivity index (χ3n) is 4.18. The second kappa shape index (κ2) is 8.76. The number of nitrogens with zero attached hydrogens (tertiary/aromatic N) is 1. The fourth-order valence-electron chi connectivity index (χ4n) is 2.71. The first-order valence-corrected chi connectivity index (χ1v) is 10.3. The zero-order valence-corrected chi connectivity index (χ0v) is 17.6. The molecule has 0 atom stereocenters. The number of rotatable bonds is 6. The molecule has 0 N–H and O–H groups in total. The number of carbonyl (C=O) groups excluding carboxylic acids is 2. The Morgan fingerprint density at radius 3 is 2.70 bits per heavy atom. The maximum atomic E-state index is 12.8. The van der Waals surface area contributed by atoms with E-state index in [1.807, 2.05) is 56.3 Å². The molecule has 4 nitrogen and oxygen atoms in total. The number of ether oxygens (including phenoxy) is 1. The third kappa shape index (κ3) is 4.62.